The summed E-state index contributed by atoms with van der Waals surface area (Å²) in [6.45, 7) is 9.00. The van der Waals surface area contributed by atoms with E-state index < -0.39 is 0 Å². The molecular weight excluding hydrogens is 447 g/mol. The normalized spacial score (nSPS) is 9.15. The molecule has 0 bridgehead atoms. The van der Waals surface area contributed by atoms with Gasteiger partial charge in [0.25, 0.3) is 0 Å². The van der Waals surface area contributed by atoms with E-state index in [-0.39, 0.29) is 24.2 Å². The SMILES string of the molecule is Cn1ccn(B(n2ccn(C)c2=S)n2ccn(C)c2=S)c1=S.[C-]#[O+].[C-]#[O+].[Fe]. The van der Waals surface area contributed by atoms with Crippen molar-refractivity contribution in [2.24, 2.45) is 21.1 Å². The van der Waals surface area contributed by atoms with Crippen LogP contribution in [0.4, 0.5) is 0 Å². The molecule has 142 valence electrons. The molecule has 0 saturated carbocycles. The Morgan fingerprint density at radius 1 is 0.630 bits per heavy atom. The van der Waals surface area contributed by atoms with E-state index in [2.05, 4.69) is 13.3 Å². The van der Waals surface area contributed by atoms with Gasteiger partial charge in [0.15, 0.2) is 14.3 Å². The smallest absolute Gasteiger partial charge is 0 e. The molecule has 27 heavy (non-hydrogen) atoms. The molecule has 3 aromatic rings. The molecule has 3 rings (SSSR count). The molecule has 3 heterocycles. The summed E-state index contributed by atoms with van der Waals surface area (Å²) >= 11 is 16.6. The minimum atomic E-state index is -0.268. The monoisotopic (exact) mass is 462 g/mol. The Labute approximate surface area is 182 Å². The average Bonchev–Trinajstić information content (AvgIpc) is 3.29. The van der Waals surface area contributed by atoms with Gasteiger partial charge in [-0.2, -0.15) is 0 Å². The van der Waals surface area contributed by atoms with Gasteiger partial charge in [-0.15, -0.1) is 0 Å². The van der Waals surface area contributed by atoms with Crippen molar-refractivity contribution in [1.82, 2.24) is 27.1 Å². The topological polar surface area (TPSA) is 69.4 Å². The number of hydrogen-bond donors (Lipinski definition) is 0. The van der Waals surface area contributed by atoms with Gasteiger partial charge < -0.3 is 27.1 Å². The van der Waals surface area contributed by atoms with Crippen LogP contribution in [0.2, 0.25) is 0 Å². The zero-order valence-electron chi connectivity index (χ0n) is 14.6. The van der Waals surface area contributed by atoms with E-state index in [0.29, 0.717) is 14.3 Å². The number of aromatic nitrogens is 6. The maximum absolute atomic E-state index is 7.50. The largest absolute Gasteiger partial charge is 0 e. The fourth-order valence-electron chi connectivity index (χ4n) is 2.37. The third kappa shape index (κ3) is 5.00. The Balaban J connectivity index is 0.00000127. The summed E-state index contributed by atoms with van der Waals surface area (Å²) in [6, 6.07) is 0. The predicted molar refractivity (Wildman–Crippen MR) is 103 cm³/mol. The van der Waals surface area contributed by atoms with Gasteiger partial charge in [-0.1, -0.05) is 0 Å². The molecule has 13 heteroatoms. The second-order valence-corrected chi connectivity index (χ2v) is 6.24. The van der Waals surface area contributed by atoms with E-state index in [0.717, 1.165) is 0 Å². The van der Waals surface area contributed by atoms with Crippen molar-refractivity contribution in [3.8, 4) is 0 Å². The first-order chi connectivity index (χ1) is 12.4. The summed E-state index contributed by atoms with van der Waals surface area (Å²) in [5.74, 6) is 0. The van der Waals surface area contributed by atoms with Gasteiger partial charge in [0, 0.05) is 75.4 Å². The van der Waals surface area contributed by atoms with Gasteiger partial charge in [-0.05, 0) is 36.7 Å². The zero-order chi connectivity index (χ0) is 20.0. The third-order valence-corrected chi connectivity index (χ3v) is 5.16. The van der Waals surface area contributed by atoms with E-state index in [4.69, 9.17) is 46.0 Å². The molecule has 0 aliphatic rings. The quantitative estimate of drug-likeness (QED) is 0.259. The Bertz CT molecular complexity index is 965. The Hall–Kier alpha value is -1.65. The standard InChI is InChI=1S/C12H15BN6S3.2CO.Fe/c1-14-4-7-17(10(14)20)13(18-8-5-15(2)11(18)21)19-9-6-16(3)12(19)22;2*1-2;/h4-9H,1-3H3;;;. The van der Waals surface area contributed by atoms with Gasteiger partial charge in [0.1, 0.15) is 0 Å². The minimum absolute atomic E-state index is 0. The van der Waals surface area contributed by atoms with Crippen molar-refractivity contribution in [1.29, 1.82) is 0 Å². The maximum Gasteiger partial charge on any atom is 0 e. The second-order valence-electron chi connectivity index (χ2n) is 5.14. The van der Waals surface area contributed by atoms with Crippen LogP contribution in [-0.2, 0) is 47.5 Å². The molecule has 0 atom stereocenters. The Morgan fingerprint density at radius 2 is 0.852 bits per heavy atom. The van der Waals surface area contributed by atoms with Gasteiger partial charge in [0.05, 0.1) is 0 Å². The molecule has 0 radical (unpaired) electrons. The molecule has 0 unspecified atom stereocenters. The molecule has 0 aromatic carbocycles. The van der Waals surface area contributed by atoms with Crippen LogP contribution >= 0.6 is 36.7 Å². The molecule has 0 amide bonds. The molecule has 0 aliphatic carbocycles. The van der Waals surface area contributed by atoms with Gasteiger partial charge in [0.2, 0.25) is 0 Å². The van der Waals surface area contributed by atoms with E-state index >= 15 is 0 Å². The fourth-order valence-corrected chi connectivity index (χ4v) is 3.02. The molecule has 0 N–H and O–H groups in total. The van der Waals surface area contributed by atoms with E-state index in [9.17, 15) is 0 Å². The van der Waals surface area contributed by atoms with Crippen molar-refractivity contribution in [3.05, 3.63) is 64.8 Å². The summed E-state index contributed by atoms with van der Waals surface area (Å²) in [6.07, 6.45) is 11.6. The number of imidazole rings is 3. The van der Waals surface area contributed by atoms with Crippen LogP contribution in [0.15, 0.2) is 37.2 Å². The molecule has 8 nitrogen and oxygen atoms in total. The van der Waals surface area contributed by atoms with Crippen molar-refractivity contribution in [3.63, 3.8) is 0 Å². The van der Waals surface area contributed by atoms with E-state index in [1.54, 1.807) is 0 Å². The van der Waals surface area contributed by atoms with Crippen LogP contribution in [0.5, 0.6) is 0 Å². The zero-order valence-corrected chi connectivity index (χ0v) is 18.2. The Kier molecular flexibility index (Phi) is 10.6. The summed E-state index contributed by atoms with van der Waals surface area (Å²) in [7, 11) is 5.50. The van der Waals surface area contributed by atoms with E-state index in [1.807, 2.05) is 85.5 Å². The molecule has 0 fully saturated rings. The summed E-state index contributed by atoms with van der Waals surface area (Å²) in [4.78, 5) is 0. The first-order valence-electron chi connectivity index (χ1n) is 7.03. The number of rotatable bonds is 3. The molecule has 0 spiro atoms. The molecular formula is C14H15BFeN6O2S3. The molecule has 0 aliphatic heterocycles. The van der Waals surface area contributed by atoms with Gasteiger partial charge >= 0.3 is 29.7 Å². The Morgan fingerprint density at radius 3 is 1.00 bits per heavy atom. The van der Waals surface area contributed by atoms with Crippen LogP contribution in [0, 0.1) is 27.6 Å². The maximum atomic E-state index is 7.50. The van der Waals surface area contributed by atoms with Gasteiger partial charge in [-0.25, -0.2) is 0 Å². The van der Waals surface area contributed by atoms with Crippen LogP contribution in [0.1, 0.15) is 0 Å². The van der Waals surface area contributed by atoms with Gasteiger partial charge in [-0.3, -0.25) is 0 Å². The number of aryl methyl sites for hydroxylation is 3. The number of hydrogen-bond acceptors (Lipinski definition) is 3. The minimum Gasteiger partial charge on any atom is 0 e. The first-order valence-corrected chi connectivity index (χ1v) is 8.25. The summed E-state index contributed by atoms with van der Waals surface area (Å²) in [5.41, 5.74) is 0. The van der Waals surface area contributed by atoms with Crippen LogP contribution in [0.3, 0.4) is 0 Å². The third-order valence-electron chi connectivity index (χ3n) is 3.67. The van der Waals surface area contributed by atoms with Crippen LogP contribution in [-0.4, -0.2) is 34.3 Å². The predicted octanol–water partition coefficient (Wildman–Crippen LogP) is 2.15. The first kappa shape index (κ1) is 25.4. The van der Waals surface area contributed by atoms with Crippen molar-refractivity contribution >= 4 is 43.8 Å². The van der Waals surface area contributed by atoms with Crippen LogP contribution < -0.4 is 0 Å². The number of nitrogens with zero attached hydrogens (tertiary/aromatic N) is 6. The molecule has 3 aromatic heterocycles. The summed E-state index contributed by atoms with van der Waals surface area (Å²) in [5, 5.41) is 0. The van der Waals surface area contributed by atoms with Crippen molar-refractivity contribution < 1.29 is 26.4 Å². The van der Waals surface area contributed by atoms with E-state index in [1.165, 1.54) is 0 Å². The second kappa shape index (κ2) is 11.3. The van der Waals surface area contributed by atoms with Crippen molar-refractivity contribution in [2.45, 2.75) is 0 Å². The van der Waals surface area contributed by atoms with Crippen LogP contribution in [0.25, 0.3) is 0 Å². The fraction of sp³-hybridized carbons (Fsp3) is 0.214. The summed E-state index contributed by atoms with van der Waals surface area (Å²) < 4.78 is 28.7. The van der Waals surface area contributed by atoms with Crippen molar-refractivity contribution in [2.75, 3.05) is 0 Å². The average molecular weight is 462 g/mol. The molecule has 0 saturated heterocycles.